The van der Waals surface area contributed by atoms with E-state index in [2.05, 4.69) is 17.6 Å². The van der Waals surface area contributed by atoms with Crippen molar-refractivity contribution in [1.82, 2.24) is 10.2 Å². The molecule has 3 amide bonds. The lowest BCUT2D eigenvalue weighted by atomic mass is 9.99. The van der Waals surface area contributed by atoms with Crippen molar-refractivity contribution in [3.63, 3.8) is 0 Å². The number of anilines is 1. The number of hydrogen-bond acceptors (Lipinski definition) is 4. The second kappa shape index (κ2) is 13.8. The van der Waals surface area contributed by atoms with E-state index in [1.165, 1.54) is 4.90 Å². The third kappa shape index (κ3) is 8.43. The Kier molecular flexibility index (Phi) is 10.5. The van der Waals surface area contributed by atoms with Crippen LogP contribution in [-0.2, 0) is 27.2 Å². The lowest BCUT2D eigenvalue weighted by molar-refractivity contribution is -0.140. The summed E-state index contributed by atoms with van der Waals surface area (Å²) in [5, 5.41) is 5.80. The van der Waals surface area contributed by atoms with E-state index in [0.717, 1.165) is 23.1 Å². The van der Waals surface area contributed by atoms with Crippen LogP contribution in [0.5, 0.6) is 0 Å². The normalized spacial score (nSPS) is 12.7. The average molecular weight is 544 g/mol. The predicted molar refractivity (Wildman–Crippen MR) is 159 cm³/mol. The van der Waals surface area contributed by atoms with Crippen molar-refractivity contribution >= 4 is 23.6 Å². The molecule has 3 aromatic rings. The summed E-state index contributed by atoms with van der Waals surface area (Å²) in [6.45, 7) is 11.4. The highest BCUT2D eigenvalue weighted by atomic mass is 16.6. The van der Waals surface area contributed by atoms with Crippen molar-refractivity contribution in [3.05, 3.63) is 101 Å². The number of ether oxygens (including phenoxy) is 1. The molecule has 0 heterocycles. The van der Waals surface area contributed by atoms with Crippen LogP contribution in [0.1, 0.15) is 62.9 Å². The molecule has 0 aliphatic carbocycles. The molecule has 2 unspecified atom stereocenters. The molecule has 2 atom stereocenters. The van der Waals surface area contributed by atoms with E-state index >= 15 is 0 Å². The minimum atomic E-state index is -0.944. The average Bonchev–Trinajstić information content (AvgIpc) is 2.92. The Labute approximate surface area is 237 Å². The van der Waals surface area contributed by atoms with Crippen LogP contribution in [0.15, 0.2) is 78.9 Å². The van der Waals surface area contributed by atoms with Gasteiger partial charge in [-0.3, -0.25) is 9.59 Å². The minimum Gasteiger partial charge on any atom is -0.444 e. The first-order chi connectivity index (χ1) is 19.0. The number of rotatable bonds is 10. The van der Waals surface area contributed by atoms with Crippen LogP contribution in [0.3, 0.4) is 0 Å². The van der Waals surface area contributed by atoms with Gasteiger partial charge >= 0.3 is 6.09 Å². The van der Waals surface area contributed by atoms with E-state index in [1.54, 1.807) is 20.8 Å². The molecule has 0 aliphatic rings. The summed E-state index contributed by atoms with van der Waals surface area (Å²) in [7, 11) is 0. The number of benzene rings is 3. The second-order valence-electron chi connectivity index (χ2n) is 10.8. The van der Waals surface area contributed by atoms with Crippen LogP contribution in [0.25, 0.3) is 0 Å². The van der Waals surface area contributed by atoms with Gasteiger partial charge in [0.05, 0.1) is 0 Å². The topological polar surface area (TPSA) is 87.7 Å². The highest BCUT2D eigenvalue weighted by Crippen LogP contribution is 2.26. The quantitative estimate of drug-likeness (QED) is 0.318. The fraction of sp³-hybridized carbons (Fsp3) is 0.364. The first kappa shape index (κ1) is 30.4. The Morgan fingerprint density at radius 3 is 2.05 bits per heavy atom. The molecule has 0 fully saturated rings. The number of alkyl carbamates (subject to hydrolysis) is 1. The van der Waals surface area contributed by atoms with Crippen LogP contribution in [0, 0.1) is 6.92 Å². The first-order valence-corrected chi connectivity index (χ1v) is 13.8. The summed E-state index contributed by atoms with van der Waals surface area (Å²) in [6, 6.07) is 22.9. The van der Waals surface area contributed by atoms with Gasteiger partial charge in [0.15, 0.2) is 0 Å². The summed E-state index contributed by atoms with van der Waals surface area (Å²) >= 11 is 0. The summed E-state index contributed by atoms with van der Waals surface area (Å²) in [6.07, 6.45) is 0.414. The number of hydrogen-bond donors (Lipinski definition) is 2. The van der Waals surface area contributed by atoms with E-state index in [0.29, 0.717) is 11.3 Å². The van der Waals surface area contributed by atoms with Gasteiger partial charge in [0.2, 0.25) is 5.91 Å². The zero-order chi connectivity index (χ0) is 29.3. The van der Waals surface area contributed by atoms with Gasteiger partial charge in [0, 0.05) is 18.7 Å². The van der Waals surface area contributed by atoms with Crippen LogP contribution in [0.2, 0.25) is 0 Å². The standard InChI is InChI=1S/C33H41N3O4/c1-7-24-18-20-26(21-19-24)29(30(37)34-27-17-13-12-14-23(27)3)36(8-2)31(38)28(22-25-15-10-9-11-16-25)35-32(39)40-33(4,5)6/h9-21,28-29H,7-8,22H2,1-6H3,(H,34,37)(H,35,39). The number of nitrogens with zero attached hydrogens (tertiary/aromatic N) is 1. The van der Waals surface area contributed by atoms with Crippen molar-refractivity contribution in [3.8, 4) is 0 Å². The second-order valence-corrected chi connectivity index (χ2v) is 10.8. The third-order valence-electron chi connectivity index (χ3n) is 6.56. The highest BCUT2D eigenvalue weighted by Gasteiger charge is 2.35. The molecule has 7 heteroatoms. The molecule has 0 aromatic heterocycles. The first-order valence-electron chi connectivity index (χ1n) is 13.8. The Hall–Kier alpha value is -4.13. The fourth-order valence-electron chi connectivity index (χ4n) is 4.49. The van der Waals surface area contributed by atoms with Crippen molar-refractivity contribution in [2.45, 2.75) is 72.1 Å². The van der Waals surface area contributed by atoms with Crippen molar-refractivity contribution < 1.29 is 19.1 Å². The molecule has 212 valence electrons. The zero-order valence-electron chi connectivity index (χ0n) is 24.4. The number of nitrogens with one attached hydrogen (secondary N) is 2. The number of carbonyl (C=O) groups excluding carboxylic acids is 3. The molecule has 3 aromatic carbocycles. The molecule has 7 nitrogen and oxygen atoms in total. The Balaban J connectivity index is 2.00. The van der Waals surface area contributed by atoms with Crippen LogP contribution >= 0.6 is 0 Å². The molecule has 0 radical (unpaired) electrons. The van der Waals surface area contributed by atoms with E-state index in [4.69, 9.17) is 4.74 Å². The van der Waals surface area contributed by atoms with Gasteiger partial charge in [-0.15, -0.1) is 0 Å². The van der Waals surface area contributed by atoms with Gasteiger partial charge in [-0.05, 0) is 69.4 Å². The number of carbonyl (C=O) groups is 3. The summed E-state index contributed by atoms with van der Waals surface area (Å²) in [5.74, 6) is -0.703. The number of likely N-dealkylation sites (N-methyl/N-ethyl adjacent to an activating group) is 1. The van der Waals surface area contributed by atoms with Crippen LogP contribution < -0.4 is 10.6 Å². The van der Waals surface area contributed by atoms with Gasteiger partial charge in [-0.1, -0.05) is 79.7 Å². The minimum absolute atomic E-state index is 0.246. The van der Waals surface area contributed by atoms with E-state index in [1.807, 2.05) is 92.7 Å². The monoisotopic (exact) mass is 543 g/mol. The molecule has 0 aliphatic heterocycles. The van der Waals surface area contributed by atoms with E-state index < -0.39 is 23.8 Å². The molecule has 3 rings (SSSR count). The molecule has 0 bridgehead atoms. The highest BCUT2D eigenvalue weighted by molar-refractivity contribution is 5.99. The molecule has 0 spiro atoms. The maximum absolute atomic E-state index is 14.2. The smallest absolute Gasteiger partial charge is 0.408 e. The Morgan fingerprint density at radius 1 is 0.850 bits per heavy atom. The summed E-state index contributed by atoms with van der Waals surface area (Å²) in [4.78, 5) is 42.5. The maximum atomic E-state index is 14.2. The lowest BCUT2D eigenvalue weighted by Gasteiger charge is -2.34. The number of aryl methyl sites for hydroxylation is 2. The maximum Gasteiger partial charge on any atom is 0.408 e. The third-order valence-corrected chi connectivity index (χ3v) is 6.56. The predicted octanol–water partition coefficient (Wildman–Crippen LogP) is 6.22. The van der Waals surface area contributed by atoms with Crippen molar-refractivity contribution in [2.24, 2.45) is 0 Å². The number of para-hydroxylation sites is 1. The van der Waals surface area contributed by atoms with Crippen molar-refractivity contribution in [1.29, 1.82) is 0 Å². The molecule has 40 heavy (non-hydrogen) atoms. The Bertz CT molecular complexity index is 1280. The SMILES string of the molecule is CCc1ccc(C(C(=O)Nc2ccccc2C)N(CC)C(=O)C(Cc2ccccc2)NC(=O)OC(C)(C)C)cc1. The number of amides is 3. The zero-order valence-corrected chi connectivity index (χ0v) is 24.4. The van der Waals surface area contributed by atoms with Crippen LogP contribution in [-0.4, -0.2) is 41.0 Å². The van der Waals surface area contributed by atoms with Crippen molar-refractivity contribution in [2.75, 3.05) is 11.9 Å². The van der Waals surface area contributed by atoms with E-state index in [9.17, 15) is 14.4 Å². The Morgan fingerprint density at radius 2 is 1.48 bits per heavy atom. The summed E-state index contributed by atoms with van der Waals surface area (Å²) < 4.78 is 5.48. The molecule has 0 saturated heterocycles. The van der Waals surface area contributed by atoms with Gasteiger partial charge in [-0.25, -0.2) is 4.79 Å². The van der Waals surface area contributed by atoms with E-state index in [-0.39, 0.29) is 24.8 Å². The largest absolute Gasteiger partial charge is 0.444 e. The lowest BCUT2D eigenvalue weighted by Crippen LogP contribution is -2.53. The molecular weight excluding hydrogens is 502 g/mol. The van der Waals surface area contributed by atoms with Gasteiger partial charge in [-0.2, -0.15) is 0 Å². The van der Waals surface area contributed by atoms with Gasteiger partial charge in [0.25, 0.3) is 5.91 Å². The molecule has 2 N–H and O–H groups in total. The van der Waals surface area contributed by atoms with Crippen LogP contribution in [0.4, 0.5) is 10.5 Å². The summed E-state index contributed by atoms with van der Waals surface area (Å²) in [5.41, 5.74) is 3.56. The fourth-order valence-corrected chi connectivity index (χ4v) is 4.49. The molecular formula is C33H41N3O4. The van der Waals surface area contributed by atoms with Gasteiger partial charge < -0.3 is 20.3 Å². The van der Waals surface area contributed by atoms with Gasteiger partial charge in [0.1, 0.15) is 17.7 Å². The molecule has 0 saturated carbocycles.